The Morgan fingerprint density at radius 3 is 2.71 bits per heavy atom. The van der Waals surface area contributed by atoms with Crippen LogP contribution in [0.3, 0.4) is 0 Å². The van der Waals surface area contributed by atoms with Crippen molar-refractivity contribution in [2.24, 2.45) is 0 Å². The third-order valence-corrected chi connectivity index (χ3v) is 4.04. The quantitative estimate of drug-likeness (QED) is 0.925. The number of nitrogens with zero attached hydrogens (tertiary/aromatic N) is 1. The Morgan fingerprint density at radius 1 is 1.14 bits per heavy atom. The van der Waals surface area contributed by atoms with Gasteiger partial charge in [0.15, 0.2) is 0 Å². The number of ether oxygens (including phenoxy) is 1. The van der Waals surface area contributed by atoms with Crippen molar-refractivity contribution in [3.8, 4) is 5.75 Å². The van der Waals surface area contributed by atoms with Crippen molar-refractivity contribution in [3.63, 3.8) is 0 Å². The first kappa shape index (κ1) is 13.8. The van der Waals surface area contributed by atoms with Crippen LogP contribution >= 0.6 is 0 Å². The molecule has 2 aromatic rings. The Balaban J connectivity index is 1.72. The maximum atomic E-state index is 5.20. The van der Waals surface area contributed by atoms with Gasteiger partial charge in [0, 0.05) is 31.5 Å². The van der Waals surface area contributed by atoms with Gasteiger partial charge in [0.25, 0.3) is 0 Å². The summed E-state index contributed by atoms with van der Waals surface area (Å²) in [6, 6.07) is 15.0. The molecule has 2 aromatic carbocycles. The minimum Gasteiger partial charge on any atom is -0.497 e. The Kier molecular flexibility index (Phi) is 4.00. The molecule has 0 aromatic heterocycles. The molecule has 3 nitrogen and oxygen atoms in total. The van der Waals surface area contributed by atoms with Crippen LogP contribution in [0.2, 0.25) is 0 Å². The lowest BCUT2D eigenvalue weighted by Gasteiger charge is -2.22. The van der Waals surface area contributed by atoms with Crippen LogP contribution in [0.4, 0.5) is 11.4 Å². The Labute approximate surface area is 126 Å². The van der Waals surface area contributed by atoms with Crippen LogP contribution < -0.4 is 15.0 Å². The second-order valence-corrected chi connectivity index (χ2v) is 5.58. The summed E-state index contributed by atoms with van der Waals surface area (Å²) in [5.41, 5.74) is 5.31. The summed E-state index contributed by atoms with van der Waals surface area (Å²) in [6.07, 6.45) is 2.41. The molecule has 0 fully saturated rings. The molecule has 0 radical (unpaired) electrons. The molecule has 1 heterocycles. The van der Waals surface area contributed by atoms with Crippen LogP contribution in [0.1, 0.15) is 17.5 Å². The normalized spacial score (nSPS) is 13.2. The SMILES string of the molecule is COc1ccc(N(C)Cc2ccc3c(c2)CCCN3)cc1. The fourth-order valence-electron chi connectivity index (χ4n) is 2.83. The number of benzene rings is 2. The number of hydrogen-bond acceptors (Lipinski definition) is 3. The average Bonchev–Trinajstić information content (AvgIpc) is 2.55. The van der Waals surface area contributed by atoms with E-state index in [1.807, 2.05) is 12.1 Å². The van der Waals surface area contributed by atoms with E-state index in [2.05, 4.69) is 47.6 Å². The van der Waals surface area contributed by atoms with Crippen LogP contribution in [0.5, 0.6) is 5.75 Å². The van der Waals surface area contributed by atoms with Crippen LogP contribution in [-0.4, -0.2) is 20.7 Å². The first-order chi connectivity index (χ1) is 10.3. The molecule has 0 spiro atoms. The summed E-state index contributed by atoms with van der Waals surface area (Å²) in [5.74, 6) is 0.895. The summed E-state index contributed by atoms with van der Waals surface area (Å²) in [5, 5.41) is 3.46. The van der Waals surface area contributed by atoms with Crippen molar-refractivity contribution in [1.29, 1.82) is 0 Å². The lowest BCUT2D eigenvalue weighted by atomic mass is 10.0. The van der Waals surface area contributed by atoms with Gasteiger partial charge in [0.1, 0.15) is 5.75 Å². The maximum absolute atomic E-state index is 5.20. The number of nitrogens with one attached hydrogen (secondary N) is 1. The molecule has 0 bridgehead atoms. The van der Waals surface area contributed by atoms with E-state index in [-0.39, 0.29) is 0 Å². The highest BCUT2D eigenvalue weighted by atomic mass is 16.5. The topological polar surface area (TPSA) is 24.5 Å². The molecule has 3 rings (SSSR count). The summed E-state index contributed by atoms with van der Waals surface area (Å²) >= 11 is 0. The van der Waals surface area contributed by atoms with E-state index in [4.69, 9.17) is 4.74 Å². The number of fused-ring (bicyclic) bond motifs is 1. The zero-order valence-electron chi connectivity index (χ0n) is 12.7. The zero-order chi connectivity index (χ0) is 14.7. The van der Waals surface area contributed by atoms with Gasteiger partial charge >= 0.3 is 0 Å². The smallest absolute Gasteiger partial charge is 0.119 e. The average molecular weight is 282 g/mol. The summed E-state index contributed by atoms with van der Waals surface area (Å²) < 4.78 is 5.20. The molecule has 3 heteroatoms. The summed E-state index contributed by atoms with van der Waals surface area (Å²) in [7, 11) is 3.82. The van der Waals surface area contributed by atoms with E-state index in [0.717, 1.165) is 18.8 Å². The van der Waals surface area contributed by atoms with Crippen LogP contribution in [0.15, 0.2) is 42.5 Å². The molecule has 110 valence electrons. The fraction of sp³-hybridized carbons (Fsp3) is 0.333. The van der Waals surface area contributed by atoms with E-state index in [9.17, 15) is 0 Å². The summed E-state index contributed by atoms with van der Waals surface area (Å²) in [6.45, 7) is 2.01. The van der Waals surface area contributed by atoms with Crippen molar-refractivity contribution in [2.75, 3.05) is 30.9 Å². The number of aryl methyl sites for hydroxylation is 1. The Morgan fingerprint density at radius 2 is 1.95 bits per heavy atom. The molecular formula is C18H22N2O. The van der Waals surface area contributed by atoms with Gasteiger partial charge in [0.05, 0.1) is 7.11 Å². The molecule has 0 saturated carbocycles. The van der Waals surface area contributed by atoms with Crippen LogP contribution in [0, 0.1) is 0 Å². The lowest BCUT2D eigenvalue weighted by Crippen LogP contribution is -2.17. The number of anilines is 2. The molecule has 1 aliphatic heterocycles. The van der Waals surface area contributed by atoms with Crippen molar-refractivity contribution < 1.29 is 4.74 Å². The molecule has 1 aliphatic rings. The number of rotatable bonds is 4. The third-order valence-electron chi connectivity index (χ3n) is 4.04. The highest BCUT2D eigenvalue weighted by Gasteiger charge is 2.10. The predicted molar refractivity (Wildman–Crippen MR) is 88.4 cm³/mol. The molecule has 0 saturated heterocycles. The maximum Gasteiger partial charge on any atom is 0.119 e. The first-order valence-corrected chi connectivity index (χ1v) is 7.47. The zero-order valence-corrected chi connectivity index (χ0v) is 12.7. The molecule has 0 amide bonds. The Hall–Kier alpha value is -2.16. The largest absolute Gasteiger partial charge is 0.497 e. The lowest BCUT2D eigenvalue weighted by molar-refractivity contribution is 0.415. The highest BCUT2D eigenvalue weighted by Crippen LogP contribution is 2.25. The molecular weight excluding hydrogens is 260 g/mol. The van der Waals surface area contributed by atoms with Gasteiger partial charge < -0.3 is 15.0 Å². The van der Waals surface area contributed by atoms with Gasteiger partial charge in [-0.2, -0.15) is 0 Å². The van der Waals surface area contributed by atoms with Gasteiger partial charge in [-0.25, -0.2) is 0 Å². The van der Waals surface area contributed by atoms with Crippen LogP contribution in [0.25, 0.3) is 0 Å². The van der Waals surface area contributed by atoms with E-state index < -0.39 is 0 Å². The first-order valence-electron chi connectivity index (χ1n) is 7.47. The van der Waals surface area contributed by atoms with Crippen molar-refractivity contribution in [3.05, 3.63) is 53.6 Å². The van der Waals surface area contributed by atoms with Crippen molar-refractivity contribution in [1.82, 2.24) is 0 Å². The Bertz CT molecular complexity index is 607. The molecule has 0 atom stereocenters. The van der Waals surface area contributed by atoms with Gasteiger partial charge in [0.2, 0.25) is 0 Å². The van der Waals surface area contributed by atoms with Crippen LogP contribution in [-0.2, 0) is 13.0 Å². The van der Waals surface area contributed by atoms with Gasteiger partial charge in [-0.15, -0.1) is 0 Å². The second-order valence-electron chi connectivity index (χ2n) is 5.58. The monoisotopic (exact) mass is 282 g/mol. The second kappa shape index (κ2) is 6.08. The van der Waals surface area contributed by atoms with E-state index >= 15 is 0 Å². The number of methoxy groups -OCH3 is 1. The minimum absolute atomic E-state index is 0.895. The fourth-order valence-corrected chi connectivity index (χ4v) is 2.83. The van der Waals surface area contributed by atoms with Crippen molar-refractivity contribution >= 4 is 11.4 Å². The standard InChI is InChI=1S/C18H22N2O/c1-20(16-6-8-17(21-2)9-7-16)13-14-5-10-18-15(12-14)4-3-11-19-18/h5-10,12,19H,3-4,11,13H2,1-2H3. The molecule has 1 N–H and O–H groups in total. The van der Waals surface area contributed by atoms with E-state index in [1.54, 1.807) is 7.11 Å². The van der Waals surface area contributed by atoms with Gasteiger partial charge in [-0.1, -0.05) is 12.1 Å². The predicted octanol–water partition coefficient (Wildman–Crippen LogP) is 3.69. The highest BCUT2D eigenvalue weighted by molar-refractivity contribution is 5.55. The molecule has 0 aliphatic carbocycles. The summed E-state index contributed by atoms with van der Waals surface area (Å²) in [4.78, 5) is 2.26. The van der Waals surface area contributed by atoms with E-state index in [1.165, 1.54) is 35.3 Å². The van der Waals surface area contributed by atoms with Gasteiger partial charge in [-0.05, 0) is 54.3 Å². The minimum atomic E-state index is 0.895. The van der Waals surface area contributed by atoms with Gasteiger partial charge in [-0.3, -0.25) is 0 Å². The number of hydrogen-bond donors (Lipinski definition) is 1. The molecule has 21 heavy (non-hydrogen) atoms. The third kappa shape index (κ3) is 3.13. The molecule has 0 unspecified atom stereocenters. The van der Waals surface area contributed by atoms with E-state index in [0.29, 0.717) is 0 Å². The van der Waals surface area contributed by atoms with Crippen molar-refractivity contribution in [2.45, 2.75) is 19.4 Å².